The van der Waals surface area contributed by atoms with Crippen molar-refractivity contribution in [2.45, 2.75) is 51.2 Å². The van der Waals surface area contributed by atoms with E-state index >= 15 is 0 Å². The highest BCUT2D eigenvalue weighted by Gasteiger charge is 2.26. The van der Waals surface area contributed by atoms with Gasteiger partial charge in [0.25, 0.3) is 0 Å². The van der Waals surface area contributed by atoms with Crippen molar-refractivity contribution in [2.24, 2.45) is 0 Å². The zero-order chi connectivity index (χ0) is 16.4. The summed E-state index contributed by atoms with van der Waals surface area (Å²) in [4.78, 5) is 11.5. The van der Waals surface area contributed by atoms with Gasteiger partial charge in [-0.25, -0.2) is 12.8 Å². The molecule has 0 aliphatic heterocycles. The summed E-state index contributed by atoms with van der Waals surface area (Å²) in [6.45, 7) is 7.95. The molecular formula is C14H20FNO4S. The van der Waals surface area contributed by atoms with Crippen molar-refractivity contribution in [1.29, 1.82) is 0 Å². The molecule has 0 saturated carbocycles. The Balaban J connectivity index is 2.89. The number of aryl methyl sites for hydroxylation is 1. The number of nitrogens with one attached hydrogen (secondary N) is 1. The third-order valence-corrected chi connectivity index (χ3v) is 4.08. The predicted molar refractivity (Wildman–Crippen MR) is 76.8 cm³/mol. The first-order valence-electron chi connectivity index (χ1n) is 6.44. The summed E-state index contributed by atoms with van der Waals surface area (Å²) in [5.74, 6) is -1.32. The quantitative estimate of drug-likeness (QED) is 0.864. The lowest BCUT2D eigenvalue weighted by molar-refractivity contribution is -0.156. The van der Waals surface area contributed by atoms with Crippen LogP contribution >= 0.6 is 0 Å². The maximum absolute atomic E-state index is 13.4. The van der Waals surface area contributed by atoms with Gasteiger partial charge in [0, 0.05) is 0 Å². The van der Waals surface area contributed by atoms with Gasteiger partial charge in [0.1, 0.15) is 17.5 Å². The molecule has 0 amide bonds. The Morgan fingerprint density at radius 1 is 1.33 bits per heavy atom. The number of carbonyl (C=O) groups is 1. The van der Waals surface area contributed by atoms with Gasteiger partial charge in [-0.2, -0.15) is 4.72 Å². The molecule has 21 heavy (non-hydrogen) atoms. The fourth-order valence-corrected chi connectivity index (χ4v) is 2.68. The van der Waals surface area contributed by atoms with Gasteiger partial charge >= 0.3 is 5.97 Å². The van der Waals surface area contributed by atoms with E-state index in [9.17, 15) is 17.6 Å². The molecule has 1 rings (SSSR count). The highest BCUT2D eigenvalue weighted by Crippen LogP contribution is 2.15. The summed E-state index contributed by atoms with van der Waals surface area (Å²) in [5, 5.41) is 0. The topological polar surface area (TPSA) is 72.5 Å². The van der Waals surface area contributed by atoms with E-state index in [0.29, 0.717) is 5.56 Å². The van der Waals surface area contributed by atoms with Crippen molar-refractivity contribution in [1.82, 2.24) is 4.72 Å². The molecule has 7 heteroatoms. The molecule has 0 aromatic heterocycles. The van der Waals surface area contributed by atoms with Crippen LogP contribution in [-0.2, 0) is 19.6 Å². The minimum atomic E-state index is -3.99. The summed E-state index contributed by atoms with van der Waals surface area (Å²) in [5.41, 5.74) is -0.374. The molecular weight excluding hydrogens is 297 g/mol. The second-order valence-electron chi connectivity index (χ2n) is 5.79. The molecule has 118 valence electrons. The highest BCUT2D eigenvalue weighted by molar-refractivity contribution is 7.89. The smallest absolute Gasteiger partial charge is 0.324 e. The number of rotatable bonds is 4. The van der Waals surface area contributed by atoms with E-state index in [1.54, 1.807) is 20.8 Å². The third kappa shape index (κ3) is 5.09. The van der Waals surface area contributed by atoms with Crippen LogP contribution in [0.15, 0.2) is 23.1 Å². The van der Waals surface area contributed by atoms with Gasteiger partial charge in [-0.05, 0) is 52.3 Å². The van der Waals surface area contributed by atoms with Crippen molar-refractivity contribution in [3.63, 3.8) is 0 Å². The van der Waals surface area contributed by atoms with Gasteiger partial charge < -0.3 is 4.74 Å². The molecule has 0 heterocycles. The van der Waals surface area contributed by atoms with Crippen LogP contribution in [0, 0.1) is 12.7 Å². The largest absolute Gasteiger partial charge is 0.459 e. The Labute approximate surface area is 124 Å². The second kappa shape index (κ2) is 6.11. The molecule has 0 saturated heterocycles. The molecule has 0 aliphatic rings. The number of hydrogen-bond donors (Lipinski definition) is 1. The molecule has 0 unspecified atom stereocenters. The predicted octanol–water partition coefficient (Wildman–Crippen LogP) is 2.14. The zero-order valence-corrected chi connectivity index (χ0v) is 13.5. The standard InChI is InChI=1S/C14H20FNO4S/c1-9-6-7-11(8-12(9)15)21(18,19)16-10(2)13(17)20-14(3,4)5/h6-8,10,16H,1-5H3/t10-/m0/s1. The number of esters is 1. The van der Waals surface area contributed by atoms with Crippen LogP contribution in [0.25, 0.3) is 0 Å². The molecule has 0 bridgehead atoms. The Morgan fingerprint density at radius 2 is 1.90 bits per heavy atom. The van der Waals surface area contributed by atoms with Crippen LogP contribution in [0.2, 0.25) is 0 Å². The van der Waals surface area contributed by atoms with Crippen LogP contribution < -0.4 is 4.72 Å². The van der Waals surface area contributed by atoms with Gasteiger partial charge in [0.15, 0.2) is 0 Å². The zero-order valence-electron chi connectivity index (χ0n) is 12.7. The van der Waals surface area contributed by atoms with E-state index in [1.807, 2.05) is 0 Å². The van der Waals surface area contributed by atoms with Gasteiger partial charge in [-0.15, -0.1) is 0 Å². The molecule has 1 atom stereocenters. The monoisotopic (exact) mass is 317 g/mol. The number of hydrogen-bond acceptors (Lipinski definition) is 4. The SMILES string of the molecule is Cc1ccc(S(=O)(=O)N[C@@H](C)C(=O)OC(C)(C)C)cc1F. The van der Waals surface area contributed by atoms with Crippen LogP contribution in [0.3, 0.4) is 0 Å². The van der Waals surface area contributed by atoms with Gasteiger partial charge in [0.2, 0.25) is 10.0 Å². The van der Waals surface area contributed by atoms with Crippen LogP contribution in [0.1, 0.15) is 33.3 Å². The molecule has 0 spiro atoms. The van der Waals surface area contributed by atoms with Gasteiger partial charge in [-0.1, -0.05) is 6.07 Å². The lowest BCUT2D eigenvalue weighted by atomic mass is 10.2. The average molecular weight is 317 g/mol. The van der Waals surface area contributed by atoms with Gasteiger partial charge in [0.05, 0.1) is 4.90 Å². The van der Waals surface area contributed by atoms with E-state index in [2.05, 4.69) is 4.72 Å². The molecule has 1 aromatic rings. The molecule has 0 radical (unpaired) electrons. The van der Waals surface area contributed by atoms with Crippen LogP contribution in [-0.4, -0.2) is 26.0 Å². The summed E-state index contributed by atoms with van der Waals surface area (Å²) >= 11 is 0. The number of sulfonamides is 1. The maximum atomic E-state index is 13.4. The van der Waals surface area contributed by atoms with Crippen molar-refractivity contribution >= 4 is 16.0 Å². The van der Waals surface area contributed by atoms with Crippen LogP contribution in [0.5, 0.6) is 0 Å². The van der Waals surface area contributed by atoms with E-state index in [1.165, 1.54) is 26.0 Å². The lowest BCUT2D eigenvalue weighted by Crippen LogP contribution is -2.42. The molecule has 1 N–H and O–H groups in total. The summed E-state index contributed by atoms with van der Waals surface area (Å²) in [7, 11) is -3.99. The Morgan fingerprint density at radius 3 is 2.38 bits per heavy atom. The number of ether oxygens (including phenoxy) is 1. The third-order valence-electron chi connectivity index (χ3n) is 2.55. The van der Waals surface area contributed by atoms with Crippen molar-refractivity contribution in [3.05, 3.63) is 29.6 Å². The van der Waals surface area contributed by atoms with E-state index in [0.717, 1.165) is 6.07 Å². The normalized spacial score (nSPS) is 13.8. The minimum absolute atomic E-state index is 0.235. The summed E-state index contributed by atoms with van der Waals surface area (Å²) in [6, 6.07) is 2.49. The molecule has 0 aliphatic carbocycles. The van der Waals surface area contributed by atoms with E-state index in [-0.39, 0.29) is 4.90 Å². The Kier molecular flexibility index (Phi) is 5.11. The summed E-state index contributed by atoms with van der Waals surface area (Å²) in [6.07, 6.45) is 0. The highest BCUT2D eigenvalue weighted by atomic mass is 32.2. The van der Waals surface area contributed by atoms with Crippen molar-refractivity contribution < 1.29 is 22.3 Å². The minimum Gasteiger partial charge on any atom is -0.459 e. The molecule has 0 fully saturated rings. The fourth-order valence-electron chi connectivity index (χ4n) is 1.48. The number of benzene rings is 1. The van der Waals surface area contributed by atoms with Gasteiger partial charge in [-0.3, -0.25) is 4.79 Å². The first kappa shape index (κ1) is 17.6. The second-order valence-corrected chi connectivity index (χ2v) is 7.50. The van der Waals surface area contributed by atoms with E-state index in [4.69, 9.17) is 4.74 Å². The lowest BCUT2D eigenvalue weighted by Gasteiger charge is -2.22. The average Bonchev–Trinajstić information content (AvgIpc) is 2.29. The van der Waals surface area contributed by atoms with Crippen molar-refractivity contribution in [3.8, 4) is 0 Å². The Hall–Kier alpha value is -1.47. The Bertz CT molecular complexity index is 635. The molecule has 1 aromatic carbocycles. The van der Waals surface area contributed by atoms with Crippen LogP contribution in [0.4, 0.5) is 4.39 Å². The van der Waals surface area contributed by atoms with E-state index < -0.39 is 33.5 Å². The number of halogens is 1. The first-order valence-corrected chi connectivity index (χ1v) is 7.92. The molecule has 5 nitrogen and oxygen atoms in total. The van der Waals surface area contributed by atoms with Crippen molar-refractivity contribution in [2.75, 3.05) is 0 Å². The summed E-state index contributed by atoms with van der Waals surface area (Å²) < 4.78 is 44.9. The maximum Gasteiger partial charge on any atom is 0.324 e. The fraction of sp³-hybridized carbons (Fsp3) is 0.500. The number of carbonyl (C=O) groups excluding carboxylic acids is 1. The first-order chi connectivity index (χ1) is 9.42.